The molecule has 2 aromatic rings. The summed E-state index contributed by atoms with van der Waals surface area (Å²) in [5, 5.41) is 11.8. The van der Waals surface area contributed by atoms with Crippen molar-refractivity contribution < 1.29 is 19.0 Å². The van der Waals surface area contributed by atoms with Crippen LogP contribution in [-0.4, -0.2) is 46.8 Å². The van der Waals surface area contributed by atoms with Crippen molar-refractivity contribution in [3.8, 4) is 11.3 Å². The van der Waals surface area contributed by atoms with Gasteiger partial charge in [0.1, 0.15) is 10.8 Å². The highest BCUT2D eigenvalue weighted by Gasteiger charge is 2.26. The first-order valence-electron chi connectivity index (χ1n) is 6.89. The van der Waals surface area contributed by atoms with Crippen LogP contribution in [0.2, 0.25) is 0 Å². The van der Waals surface area contributed by atoms with Gasteiger partial charge >= 0.3 is 5.97 Å². The summed E-state index contributed by atoms with van der Waals surface area (Å²) in [5.74, 6) is -1.21. The van der Waals surface area contributed by atoms with Crippen LogP contribution in [0.5, 0.6) is 0 Å². The second kappa shape index (κ2) is 6.51. The van der Waals surface area contributed by atoms with E-state index in [2.05, 4.69) is 4.98 Å². The van der Waals surface area contributed by atoms with Crippen LogP contribution in [0.25, 0.3) is 11.3 Å². The number of morpholine rings is 1. The Labute approximate surface area is 131 Å². The molecule has 0 aliphatic carbocycles. The predicted octanol–water partition coefficient (Wildman–Crippen LogP) is 2.23. The van der Waals surface area contributed by atoms with Gasteiger partial charge in [-0.05, 0) is 24.3 Å². The molecule has 0 bridgehead atoms. The molecular formula is C15H15FN2O3S. The molecule has 0 radical (unpaired) electrons. The van der Waals surface area contributed by atoms with E-state index in [4.69, 9.17) is 9.84 Å². The molecule has 1 aromatic carbocycles. The molecule has 5 nitrogen and oxygen atoms in total. The monoisotopic (exact) mass is 322 g/mol. The zero-order valence-corrected chi connectivity index (χ0v) is 12.6. The molecule has 2 heterocycles. The average molecular weight is 322 g/mol. The fourth-order valence-corrected chi connectivity index (χ4v) is 3.17. The van der Waals surface area contributed by atoms with E-state index in [-0.39, 0.29) is 5.82 Å². The Kier molecular flexibility index (Phi) is 4.47. The number of nitrogens with zero attached hydrogens (tertiary/aromatic N) is 2. The lowest BCUT2D eigenvalue weighted by atomic mass is 10.2. The van der Waals surface area contributed by atoms with E-state index >= 15 is 0 Å². The topological polar surface area (TPSA) is 62.7 Å². The lowest BCUT2D eigenvalue weighted by Crippen LogP contribution is -2.45. The third-order valence-electron chi connectivity index (χ3n) is 3.48. The summed E-state index contributed by atoms with van der Waals surface area (Å²) in [4.78, 5) is 17.5. The van der Waals surface area contributed by atoms with Crippen molar-refractivity contribution in [3.63, 3.8) is 0 Å². The molecule has 1 N–H and O–H groups in total. The molecule has 1 atom stereocenters. The third kappa shape index (κ3) is 3.49. The first kappa shape index (κ1) is 15.1. The Bertz CT molecular complexity index is 659. The fraction of sp³-hybridized carbons (Fsp3) is 0.333. The first-order valence-corrected chi connectivity index (χ1v) is 7.77. The van der Waals surface area contributed by atoms with E-state index in [0.29, 0.717) is 26.2 Å². The molecule has 0 spiro atoms. The number of ether oxygens (including phenoxy) is 1. The van der Waals surface area contributed by atoms with E-state index in [1.165, 1.54) is 23.5 Å². The van der Waals surface area contributed by atoms with Crippen molar-refractivity contribution >= 4 is 17.3 Å². The lowest BCUT2D eigenvalue weighted by Gasteiger charge is -2.29. The van der Waals surface area contributed by atoms with Gasteiger partial charge < -0.3 is 9.84 Å². The first-order chi connectivity index (χ1) is 10.6. The maximum Gasteiger partial charge on any atom is 0.334 e. The van der Waals surface area contributed by atoms with E-state index in [1.54, 1.807) is 12.1 Å². The minimum absolute atomic E-state index is 0.271. The summed E-state index contributed by atoms with van der Waals surface area (Å²) < 4.78 is 18.1. The van der Waals surface area contributed by atoms with Crippen molar-refractivity contribution in [1.82, 2.24) is 9.88 Å². The smallest absolute Gasteiger partial charge is 0.334 e. The highest BCUT2D eigenvalue weighted by atomic mass is 32.1. The quantitative estimate of drug-likeness (QED) is 0.935. The van der Waals surface area contributed by atoms with E-state index in [0.717, 1.165) is 16.3 Å². The highest BCUT2D eigenvalue weighted by molar-refractivity contribution is 7.09. The molecular weight excluding hydrogens is 307 g/mol. The average Bonchev–Trinajstić information content (AvgIpc) is 2.96. The molecule has 1 aliphatic heterocycles. The number of carboxylic acid groups (broad SMARTS) is 1. The van der Waals surface area contributed by atoms with Gasteiger partial charge in [-0.2, -0.15) is 0 Å². The Hall–Kier alpha value is -1.83. The zero-order valence-electron chi connectivity index (χ0n) is 11.7. The van der Waals surface area contributed by atoms with Crippen molar-refractivity contribution in [2.45, 2.75) is 12.6 Å². The molecule has 0 saturated carbocycles. The fourth-order valence-electron chi connectivity index (χ4n) is 2.32. The number of carbonyl (C=O) groups is 1. The number of carboxylic acids is 1. The number of thiazole rings is 1. The summed E-state index contributed by atoms with van der Waals surface area (Å²) >= 11 is 1.52. The summed E-state index contributed by atoms with van der Waals surface area (Å²) in [6.07, 6.45) is -0.773. The van der Waals surface area contributed by atoms with Gasteiger partial charge in [-0.3, -0.25) is 4.90 Å². The Morgan fingerprint density at radius 1 is 1.45 bits per heavy atom. The maximum atomic E-state index is 12.9. The molecule has 1 saturated heterocycles. The molecule has 1 aromatic heterocycles. The number of rotatable bonds is 4. The van der Waals surface area contributed by atoms with E-state index < -0.39 is 12.1 Å². The lowest BCUT2D eigenvalue weighted by molar-refractivity contribution is -0.156. The maximum absolute atomic E-state index is 12.9. The largest absolute Gasteiger partial charge is 0.479 e. The van der Waals surface area contributed by atoms with Crippen LogP contribution < -0.4 is 0 Å². The SMILES string of the molecule is O=C(O)[C@@H]1CN(Cc2nc(-c3ccc(F)cc3)cs2)CCO1. The van der Waals surface area contributed by atoms with Gasteiger partial charge in [-0.15, -0.1) is 11.3 Å². The Morgan fingerprint density at radius 3 is 2.95 bits per heavy atom. The van der Waals surface area contributed by atoms with Crippen molar-refractivity contribution in [2.75, 3.05) is 19.7 Å². The molecule has 0 unspecified atom stereocenters. The number of hydrogen-bond acceptors (Lipinski definition) is 5. The number of aromatic nitrogens is 1. The Balaban J connectivity index is 1.66. The summed E-state index contributed by atoms with van der Waals surface area (Å²) in [6, 6.07) is 6.22. The molecule has 1 fully saturated rings. The van der Waals surface area contributed by atoms with Crippen molar-refractivity contribution in [3.05, 3.63) is 40.5 Å². The number of benzene rings is 1. The van der Waals surface area contributed by atoms with E-state index in [1.807, 2.05) is 10.3 Å². The van der Waals surface area contributed by atoms with E-state index in [9.17, 15) is 9.18 Å². The summed E-state index contributed by atoms with van der Waals surface area (Å²) in [7, 11) is 0. The highest BCUT2D eigenvalue weighted by Crippen LogP contribution is 2.23. The van der Waals surface area contributed by atoms with Crippen LogP contribution in [0.1, 0.15) is 5.01 Å². The number of aliphatic carboxylic acids is 1. The second-order valence-electron chi connectivity index (χ2n) is 5.07. The van der Waals surface area contributed by atoms with Gasteiger partial charge in [-0.1, -0.05) is 0 Å². The number of hydrogen-bond donors (Lipinski definition) is 1. The van der Waals surface area contributed by atoms with Crippen LogP contribution in [0, 0.1) is 5.82 Å². The van der Waals surface area contributed by atoms with Crippen molar-refractivity contribution in [2.24, 2.45) is 0 Å². The summed E-state index contributed by atoms with van der Waals surface area (Å²) in [5.41, 5.74) is 1.68. The number of halogens is 1. The minimum Gasteiger partial charge on any atom is -0.479 e. The van der Waals surface area contributed by atoms with Crippen LogP contribution in [-0.2, 0) is 16.1 Å². The molecule has 22 heavy (non-hydrogen) atoms. The predicted molar refractivity (Wildman–Crippen MR) is 80.2 cm³/mol. The van der Waals surface area contributed by atoms with Gasteiger partial charge in [0.05, 0.1) is 18.8 Å². The standard InChI is InChI=1S/C15H15FN2O3S/c16-11-3-1-10(2-4-11)12-9-22-14(17-12)8-18-5-6-21-13(7-18)15(19)20/h1-4,9,13H,5-8H2,(H,19,20)/t13-/m0/s1. The minimum atomic E-state index is -0.934. The molecule has 3 rings (SSSR count). The molecule has 1 aliphatic rings. The molecule has 0 amide bonds. The van der Waals surface area contributed by atoms with Crippen LogP contribution in [0.3, 0.4) is 0 Å². The van der Waals surface area contributed by atoms with Crippen molar-refractivity contribution in [1.29, 1.82) is 0 Å². The zero-order chi connectivity index (χ0) is 15.5. The molecule has 116 valence electrons. The van der Waals surface area contributed by atoms with Gasteiger partial charge in [-0.25, -0.2) is 14.2 Å². The van der Waals surface area contributed by atoms with Crippen LogP contribution >= 0.6 is 11.3 Å². The molecule has 7 heteroatoms. The van der Waals surface area contributed by atoms with Gasteiger partial charge in [0.15, 0.2) is 6.10 Å². The van der Waals surface area contributed by atoms with Gasteiger partial charge in [0.25, 0.3) is 0 Å². The van der Waals surface area contributed by atoms with Gasteiger partial charge in [0, 0.05) is 24.0 Å². The van der Waals surface area contributed by atoms with Crippen LogP contribution in [0.4, 0.5) is 4.39 Å². The second-order valence-corrected chi connectivity index (χ2v) is 6.01. The third-order valence-corrected chi connectivity index (χ3v) is 4.31. The Morgan fingerprint density at radius 2 is 2.23 bits per heavy atom. The summed E-state index contributed by atoms with van der Waals surface area (Å²) in [6.45, 7) is 2.06. The van der Waals surface area contributed by atoms with Crippen LogP contribution in [0.15, 0.2) is 29.6 Å². The van der Waals surface area contributed by atoms with Gasteiger partial charge in [0.2, 0.25) is 0 Å². The normalized spacial score (nSPS) is 19.2.